The molecule has 5 heteroatoms. The zero-order chi connectivity index (χ0) is 9.97. The molecule has 0 saturated carbocycles. The molecule has 2 rings (SSSR count). The summed E-state index contributed by atoms with van der Waals surface area (Å²) < 4.78 is 0. The maximum atomic E-state index is 11.1. The van der Waals surface area contributed by atoms with Crippen LogP contribution in [0.1, 0.15) is 10.4 Å². The number of benzene rings is 1. The number of hydrogen-bond acceptors (Lipinski definition) is 3. The second kappa shape index (κ2) is 4.91. The molecule has 0 bridgehead atoms. The highest BCUT2D eigenvalue weighted by Crippen LogP contribution is 2.24. The van der Waals surface area contributed by atoms with Crippen molar-refractivity contribution >= 4 is 29.7 Å². The second-order valence-corrected chi connectivity index (χ2v) is 3.64. The standard InChI is InChI=1S/C10H8N2OS.ClH/c11-9(13)7-3-1-2-4-8(7)10-12-5-6-14-10;/h1-6H,(H2,11,13);1H. The van der Waals surface area contributed by atoms with Crippen molar-refractivity contribution in [3.8, 4) is 10.6 Å². The average molecular weight is 241 g/mol. The number of hydrogen-bond donors (Lipinski definition) is 1. The van der Waals surface area contributed by atoms with Gasteiger partial charge in [-0.3, -0.25) is 4.79 Å². The quantitative estimate of drug-likeness (QED) is 0.876. The molecule has 0 fully saturated rings. The molecule has 0 aliphatic rings. The van der Waals surface area contributed by atoms with E-state index in [-0.39, 0.29) is 12.4 Å². The van der Waals surface area contributed by atoms with Crippen LogP contribution < -0.4 is 5.73 Å². The van der Waals surface area contributed by atoms with Gasteiger partial charge in [0.15, 0.2) is 0 Å². The smallest absolute Gasteiger partial charge is 0.249 e. The summed E-state index contributed by atoms with van der Waals surface area (Å²) in [6, 6.07) is 7.21. The van der Waals surface area contributed by atoms with Crippen molar-refractivity contribution in [2.24, 2.45) is 5.73 Å². The van der Waals surface area contributed by atoms with Crippen molar-refractivity contribution in [1.82, 2.24) is 4.98 Å². The number of rotatable bonds is 2. The number of thiazole rings is 1. The van der Waals surface area contributed by atoms with Gasteiger partial charge in [0.25, 0.3) is 0 Å². The van der Waals surface area contributed by atoms with Crippen molar-refractivity contribution in [2.45, 2.75) is 0 Å². The summed E-state index contributed by atoms with van der Waals surface area (Å²) in [6.45, 7) is 0. The molecule has 0 spiro atoms. The molecular weight excluding hydrogens is 232 g/mol. The predicted molar refractivity (Wildman–Crippen MR) is 63.3 cm³/mol. The fourth-order valence-electron chi connectivity index (χ4n) is 1.24. The predicted octanol–water partition coefficient (Wildman–Crippen LogP) is 2.33. The highest BCUT2D eigenvalue weighted by Gasteiger charge is 2.10. The number of amides is 1. The highest BCUT2D eigenvalue weighted by atomic mass is 35.5. The third kappa shape index (κ3) is 2.34. The zero-order valence-corrected chi connectivity index (χ0v) is 9.35. The fraction of sp³-hybridized carbons (Fsp3) is 0. The van der Waals surface area contributed by atoms with Crippen molar-refractivity contribution in [2.75, 3.05) is 0 Å². The van der Waals surface area contributed by atoms with E-state index in [0.29, 0.717) is 5.56 Å². The highest BCUT2D eigenvalue weighted by molar-refractivity contribution is 7.13. The minimum atomic E-state index is -0.421. The maximum Gasteiger partial charge on any atom is 0.249 e. The van der Waals surface area contributed by atoms with Crippen molar-refractivity contribution in [3.63, 3.8) is 0 Å². The van der Waals surface area contributed by atoms with Gasteiger partial charge in [0.1, 0.15) is 5.01 Å². The Hall–Kier alpha value is -1.39. The molecule has 1 heterocycles. The summed E-state index contributed by atoms with van der Waals surface area (Å²) in [7, 11) is 0. The molecule has 0 unspecified atom stereocenters. The molecule has 0 radical (unpaired) electrons. The summed E-state index contributed by atoms with van der Waals surface area (Å²) in [5.74, 6) is -0.421. The first-order valence-corrected chi connectivity index (χ1v) is 4.95. The van der Waals surface area contributed by atoms with Gasteiger partial charge < -0.3 is 5.73 Å². The van der Waals surface area contributed by atoms with Gasteiger partial charge in [0, 0.05) is 22.7 Å². The van der Waals surface area contributed by atoms with Gasteiger partial charge in [-0.15, -0.1) is 23.7 Å². The number of nitrogens with two attached hydrogens (primary N) is 1. The Labute approximate surface area is 97.4 Å². The third-order valence-corrected chi connectivity index (χ3v) is 2.66. The van der Waals surface area contributed by atoms with Gasteiger partial charge in [0.2, 0.25) is 5.91 Å². The summed E-state index contributed by atoms with van der Waals surface area (Å²) in [4.78, 5) is 15.3. The van der Waals surface area contributed by atoms with Crippen LogP contribution >= 0.6 is 23.7 Å². The zero-order valence-electron chi connectivity index (χ0n) is 7.71. The summed E-state index contributed by atoms with van der Waals surface area (Å²) in [5.41, 5.74) is 6.58. The number of aromatic nitrogens is 1. The lowest BCUT2D eigenvalue weighted by molar-refractivity contribution is 0.100. The van der Waals surface area contributed by atoms with Crippen LogP contribution in [0.2, 0.25) is 0 Å². The van der Waals surface area contributed by atoms with E-state index in [0.717, 1.165) is 10.6 Å². The number of nitrogens with zero attached hydrogens (tertiary/aromatic N) is 1. The minimum absolute atomic E-state index is 0. The summed E-state index contributed by atoms with van der Waals surface area (Å²) in [6.07, 6.45) is 1.71. The summed E-state index contributed by atoms with van der Waals surface area (Å²) >= 11 is 1.49. The molecule has 2 aromatic rings. The van der Waals surface area contributed by atoms with Gasteiger partial charge in [-0.1, -0.05) is 18.2 Å². The lowest BCUT2D eigenvalue weighted by atomic mass is 10.1. The topological polar surface area (TPSA) is 56.0 Å². The average Bonchev–Trinajstić information content (AvgIpc) is 2.70. The molecule has 2 N–H and O–H groups in total. The van der Waals surface area contributed by atoms with Gasteiger partial charge in [0.05, 0.1) is 0 Å². The van der Waals surface area contributed by atoms with Crippen LogP contribution in [0.25, 0.3) is 10.6 Å². The van der Waals surface area contributed by atoms with Crippen LogP contribution in [0.15, 0.2) is 35.8 Å². The Bertz CT molecular complexity index is 456. The Morgan fingerprint density at radius 1 is 1.33 bits per heavy atom. The largest absolute Gasteiger partial charge is 0.366 e. The number of carbonyl (C=O) groups excluding carboxylic acids is 1. The monoisotopic (exact) mass is 240 g/mol. The van der Waals surface area contributed by atoms with Crippen LogP contribution in [-0.4, -0.2) is 10.9 Å². The Balaban J connectivity index is 0.00000112. The molecular formula is C10H9ClN2OS. The van der Waals surface area contributed by atoms with Gasteiger partial charge in [-0.25, -0.2) is 4.98 Å². The van der Waals surface area contributed by atoms with Crippen LogP contribution in [0.3, 0.4) is 0 Å². The number of primary amides is 1. The van der Waals surface area contributed by atoms with Gasteiger partial charge in [-0.2, -0.15) is 0 Å². The Morgan fingerprint density at radius 3 is 2.67 bits per heavy atom. The normalized spacial score (nSPS) is 9.33. The van der Waals surface area contributed by atoms with E-state index in [4.69, 9.17) is 5.73 Å². The first-order valence-electron chi connectivity index (χ1n) is 4.08. The van der Waals surface area contributed by atoms with E-state index < -0.39 is 5.91 Å². The van der Waals surface area contributed by atoms with Gasteiger partial charge >= 0.3 is 0 Å². The molecule has 0 atom stereocenters. The Morgan fingerprint density at radius 2 is 2.07 bits per heavy atom. The van der Waals surface area contributed by atoms with E-state index in [9.17, 15) is 4.79 Å². The molecule has 78 valence electrons. The van der Waals surface area contributed by atoms with Crippen LogP contribution in [-0.2, 0) is 0 Å². The molecule has 15 heavy (non-hydrogen) atoms. The van der Waals surface area contributed by atoms with Crippen molar-refractivity contribution in [1.29, 1.82) is 0 Å². The van der Waals surface area contributed by atoms with Crippen molar-refractivity contribution < 1.29 is 4.79 Å². The molecule has 0 aliphatic carbocycles. The third-order valence-electron chi connectivity index (χ3n) is 1.86. The fourth-order valence-corrected chi connectivity index (χ4v) is 1.92. The van der Waals surface area contributed by atoms with E-state index in [1.54, 1.807) is 18.3 Å². The molecule has 3 nitrogen and oxygen atoms in total. The molecule has 1 aromatic carbocycles. The van der Waals surface area contributed by atoms with Crippen LogP contribution in [0, 0.1) is 0 Å². The maximum absolute atomic E-state index is 11.1. The number of carbonyl (C=O) groups is 1. The van der Waals surface area contributed by atoms with Gasteiger partial charge in [-0.05, 0) is 6.07 Å². The first-order chi connectivity index (χ1) is 6.79. The van der Waals surface area contributed by atoms with Crippen molar-refractivity contribution in [3.05, 3.63) is 41.4 Å². The molecule has 0 saturated heterocycles. The van der Waals surface area contributed by atoms with E-state index in [2.05, 4.69) is 4.98 Å². The number of halogens is 1. The second-order valence-electron chi connectivity index (χ2n) is 2.75. The van der Waals surface area contributed by atoms with Crippen LogP contribution in [0.4, 0.5) is 0 Å². The lowest BCUT2D eigenvalue weighted by Crippen LogP contribution is -2.12. The molecule has 1 amide bonds. The first kappa shape index (κ1) is 11.7. The molecule has 1 aromatic heterocycles. The van der Waals surface area contributed by atoms with E-state index >= 15 is 0 Å². The van der Waals surface area contributed by atoms with Crippen LogP contribution in [0.5, 0.6) is 0 Å². The summed E-state index contributed by atoms with van der Waals surface area (Å²) in [5, 5.41) is 2.69. The van der Waals surface area contributed by atoms with E-state index in [1.807, 2.05) is 17.5 Å². The van der Waals surface area contributed by atoms with E-state index in [1.165, 1.54) is 11.3 Å². The lowest BCUT2D eigenvalue weighted by Gasteiger charge is -2.01. The Kier molecular flexibility index (Phi) is 3.82. The molecule has 0 aliphatic heterocycles. The SMILES string of the molecule is Cl.NC(=O)c1ccccc1-c1nccs1. The minimum Gasteiger partial charge on any atom is -0.366 e.